The monoisotopic (exact) mass is 294 g/mol. The molecule has 20 heavy (non-hydrogen) atoms. The molecule has 2 rings (SSSR count). The van der Waals surface area contributed by atoms with Crippen molar-refractivity contribution in [2.24, 2.45) is 5.73 Å². The molecule has 0 amide bonds. The molecule has 3 N–H and O–H groups in total. The summed E-state index contributed by atoms with van der Waals surface area (Å²) in [7, 11) is 1.48. The summed E-state index contributed by atoms with van der Waals surface area (Å²) < 4.78 is 33.0. The van der Waals surface area contributed by atoms with Crippen LogP contribution in [-0.4, -0.2) is 12.1 Å². The van der Waals surface area contributed by atoms with E-state index in [-0.39, 0.29) is 16.2 Å². The number of thiocarbonyl (C=S) groups is 1. The molecule has 0 atom stereocenters. The molecular formula is C14H12F2N2OS. The van der Waals surface area contributed by atoms with Crippen molar-refractivity contribution in [3.05, 3.63) is 53.6 Å². The molecule has 0 aliphatic heterocycles. The fourth-order valence-electron chi connectivity index (χ4n) is 1.72. The summed E-state index contributed by atoms with van der Waals surface area (Å²) in [5.41, 5.74) is 5.67. The first-order valence-corrected chi connectivity index (χ1v) is 6.12. The summed E-state index contributed by atoms with van der Waals surface area (Å²) in [6.07, 6.45) is 0. The second kappa shape index (κ2) is 5.83. The van der Waals surface area contributed by atoms with Crippen LogP contribution in [0.25, 0.3) is 0 Å². The predicted octanol–water partition coefficient (Wildman–Crippen LogP) is 3.35. The van der Waals surface area contributed by atoms with Crippen LogP contribution in [0.3, 0.4) is 0 Å². The van der Waals surface area contributed by atoms with E-state index in [2.05, 4.69) is 5.32 Å². The van der Waals surface area contributed by atoms with E-state index in [4.69, 9.17) is 22.7 Å². The lowest BCUT2D eigenvalue weighted by molar-refractivity contribution is 0.416. The van der Waals surface area contributed by atoms with E-state index in [0.29, 0.717) is 11.4 Å². The van der Waals surface area contributed by atoms with Crippen molar-refractivity contribution < 1.29 is 13.5 Å². The highest BCUT2D eigenvalue weighted by molar-refractivity contribution is 7.80. The van der Waals surface area contributed by atoms with Crippen LogP contribution in [0.1, 0.15) is 5.56 Å². The van der Waals surface area contributed by atoms with Crippen LogP contribution in [0, 0.1) is 11.6 Å². The van der Waals surface area contributed by atoms with E-state index in [1.54, 1.807) is 24.3 Å². The zero-order valence-electron chi connectivity index (χ0n) is 10.6. The number of benzene rings is 2. The molecule has 0 saturated carbocycles. The third-order valence-corrected chi connectivity index (χ3v) is 2.93. The van der Waals surface area contributed by atoms with Crippen LogP contribution < -0.4 is 15.8 Å². The topological polar surface area (TPSA) is 47.3 Å². The third kappa shape index (κ3) is 2.85. The van der Waals surface area contributed by atoms with Gasteiger partial charge in [-0.05, 0) is 24.3 Å². The average Bonchev–Trinajstić information content (AvgIpc) is 2.42. The summed E-state index contributed by atoms with van der Waals surface area (Å²) >= 11 is 4.70. The fraction of sp³-hybridized carbons (Fsp3) is 0.0714. The van der Waals surface area contributed by atoms with E-state index >= 15 is 0 Å². The maximum atomic E-state index is 13.9. The Bertz CT molecular complexity index is 638. The Morgan fingerprint density at radius 2 is 1.80 bits per heavy atom. The van der Waals surface area contributed by atoms with Gasteiger partial charge in [0.05, 0.1) is 12.8 Å². The predicted molar refractivity (Wildman–Crippen MR) is 78.5 cm³/mol. The Labute approximate surface area is 120 Å². The van der Waals surface area contributed by atoms with Crippen molar-refractivity contribution in [3.63, 3.8) is 0 Å². The maximum absolute atomic E-state index is 13.9. The maximum Gasteiger partial charge on any atom is 0.150 e. The Kier molecular flexibility index (Phi) is 4.14. The van der Waals surface area contributed by atoms with Crippen molar-refractivity contribution in [1.29, 1.82) is 0 Å². The Hall–Kier alpha value is -2.21. The minimum absolute atomic E-state index is 0.0633. The minimum atomic E-state index is -0.779. The van der Waals surface area contributed by atoms with E-state index in [1.807, 2.05) is 0 Å². The highest BCUT2D eigenvalue weighted by Crippen LogP contribution is 2.30. The van der Waals surface area contributed by atoms with Crippen molar-refractivity contribution in [2.45, 2.75) is 0 Å². The van der Waals surface area contributed by atoms with Gasteiger partial charge in [0.25, 0.3) is 0 Å². The first-order chi connectivity index (χ1) is 9.52. The zero-order chi connectivity index (χ0) is 14.7. The molecular weight excluding hydrogens is 282 g/mol. The number of nitrogens with two attached hydrogens (primary N) is 1. The highest BCUT2D eigenvalue weighted by atomic mass is 32.1. The number of para-hydroxylation sites is 2. The number of ether oxygens (including phenoxy) is 1. The molecule has 0 unspecified atom stereocenters. The van der Waals surface area contributed by atoms with E-state index in [0.717, 1.165) is 12.1 Å². The molecule has 104 valence electrons. The van der Waals surface area contributed by atoms with Gasteiger partial charge in [0.1, 0.15) is 28.1 Å². The number of methoxy groups -OCH3 is 1. The smallest absolute Gasteiger partial charge is 0.150 e. The SMILES string of the molecule is COc1ccccc1Nc1c(F)cc(C(N)=S)cc1F. The summed E-state index contributed by atoms with van der Waals surface area (Å²) in [5, 5.41) is 2.67. The minimum Gasteiger partial charge on any atom is -0.495 e. The molecule has 0 saturated heterocycles. The van der Waals surface area contributed by atoms with Crippen LogP contribution in [0.4, 0.5) is 20.2 Å². The van der Waals surface area contributed by atoms with E-state index in [1.165, 1.54) is 7.11 Å². The lowest BCUT2D eigenvalue weighted by Gasteiger charge is -2.13. The number of anilines is 2. The molecule has 2 aromatic rings. The Morgan fingerprint density at radius 1 is 1.20 bits per heavy atom. The van der Waals surface area contributed by atoms with Gasteiger partial charge in [-0.25, -0.2) is 8.78 Å². The van der Waals surface area contributed by atoms with Gasteiger partial charge in [0.2, 0.25) is 0 Å². The number of halogens is 2. The molecule has 0 heterocycles. The van der Waals surface area contributed by atoms with Gasteiger partial charge >= 0.3 is 0 Å². The Morgan fingerprint density at radius 3 is 2.35 bits per heavy atom. The second-order valence-corrected chi connectivity index (χ2v) is 4.44. The molecule has 0 aromatic heterocycles. The van der Waals surface area contributed by atoms with E-state index < -0.39 is 11.6 Å². The fourth-order valence-corrected chi connectivity index (χ4v) is 1.84. The van der Waals surface area contributed by atoms with Crippen LogP contribution in [0.15, 0.2) is 36.4 Å². The van der Waals surface area contributed by atoms with Crippen molar-refractivity contribution in [1.82, 2.24) is 0 Å². The third-order valence-electron chi connectivity index (χ3n) is 2.69. The number of rotatable bonds is 4. The van der Waals surface area contributed by atoms with Crippen LogP contribution in [-0.2, 0) is 0 Å². The summed E-state index contributed by atoms with van der Waals surface area (Å²) in [4.78, 5) is -0.0633. The number of hydrogen-bond acceptors (Lipinski definition) is 3. The van der Waals surface area contributed by atoms with Crippen LogP contribution >= 0.6 is 12.2 Å². The van der Waals surface area contributed by atoms with Crippen LogP contribution in [0.5, 0.6) is 5.75 Å². The van der Waals surface area contributed by atoms with Crippen LogP contribution in [0.2, 0.25) is 0 Å². The summed E-state index contributed by atoms with van der Waals surface area (Å²) in [6, 6.07) is 8.99. The van der Waals surface area contributed by atoms with Gasteiger partial charge in [-0.3, -0.25) is 0 Å². The highest BCUT2D eigenvalue weighted by Gasteiger charge is 2.14. The molecule has 0 radical (unpaired) electrons. The van der Waals surface area contributed by atoms with Gasteiger partial charge in [-0.2, -0.15) is 0 Å². The van der Waals surface area contributed by atoms with E-state index in [9.17, 15) is 8.78 Å². The standard InChI is InChI=1S/C14H12F2N2OS/c1-19-12-5-3-2-4-11(12)18-13-9(15)6-8(14(17)20)7-10(13)16/h2-7,18H,1H3,(H2,17,20). The molecule has 0 spiro atoms. The first-order valence-electron chi connectivity index (χ1n) is 5.72. The van der Waals surface area contributed by atoms with Gasteiger partial charge in [0, 0.05) is 5.56 Å². The van der Waals surface area contributed by atoms with Gasteiger partial charge in [0.15, 0.2) is 0 Å². The molecule has 0 fully saturated rings. The Balaban J connectivity index is 2.41. The molecule has 2 aromatic carbocycles. The molecule has 0 aliphatic carbocycles. The molecule has 6 heteroatoms. The summed E-state index contributed by atoms with van der Waals surface area (Å²) in [5.74, 6) is -1.08. The molecule has 0 aliphatic rings. The lowest BCUT2D eigenvalue weighted by Crippen LogP contribution is -2.11. The van der Waals surface area contributed by atoms with Gasteiger partial charge in [-0.15, -0.1) is 0 Å². The van der Waals surface area contributed by atoms with Crippen molar-refractivity contribution >= 4 is 28.6 Å². The van der Waals surface area contributed by atoms with Gasteiger partial charge in [-0.1, -0.05) is 24.4 Å². The lowest BCUT2D eigenvalue weighted by atomic mass is 10.1. The quantitative estimate of drug-likeness (QED) is 0.849. The summed E-state index contributed by atoms with van der Waals surface area (Å²) in [6.45, 7) is 0. The number of hydrogen-bond donors (Lipinski definition) is 2. The molecule has 3 nitrogen and oxygen atoms in total. The van der Waals surface area contributed by atoms with Crippen molar-refractivity contribution in [3.8, 4) is 5.75 Å². The first kappa shape index (κ1) is 14.2. The largest absolute Gasteiger partial charge is 0.495 e. The normalized spacial score (nSPS) is 10.2. The van der Waals surface area contributed by atoms with Gasteiger partial charge < -0.3 is 15.8 Å². The average molecular weight is 294 g/mol. The number of nitrogens with one attached hydrogen (secondary N) is 1. The molecule has 0 bridgehead atoms. The zero-order valence-corrected chi connectivity index (χ0v) is 11.4. The second-order valence-electron chi connectivity index (χ2n) is 4.00. The van der Waals surface area contributed by atoms with Crippen molar-refractivity contribution in [2.75, 3.05) is 12.4 Å².